The number of fused-ring (bicyclic) bond motifs is 1. The van der Waals surface area contributed by atoms with Gasteiger partial charge in [-0.05, 0) is 49.8 Å². The Morgan fingerprint density at radius 2 is 1.54 bits per heavy atom. The number of sulfonamides is 1. The molecule has 0 aromatic heterocycles. The molecule has 35 heavy (non-hydrogen) atoms. The van der Waals surface area contributed by atoms with E-state index >= 15 is 0 Å². The maximum Gasteiger partial charge on any atom is 0.262 e. The second kappa shape index (κ2) is 11.4. The molecule has 0 bridgehead atoms. The van der Waals surface area contributed by atoms with Gasteiger partial charge < -0.3 is 15.1 Å². The van der Waals surface area contributed by atoms with Crippen LogP contribution in [0.2, 0.25) is 0 Å². The van der Waals surface area contributed by atoms with Gasteiger partial charge in [-0.3, -0.25) is 9.62 Å². The molecule has 0 heterocycles. The number of likely N-dealkylation sites (N-methyl/N-ethyl adjacent to an activating group) is 1. The zero-order valence-electron chi connectivity index (χ0n) is 21.0. The fourth-order valence-electron chi connectivity index (χ4n) is 4.48. The van der Waals surface area contributed by atoms with Crippen LogP contribution in [0.3, 0.4) is 0 Å². The summed E-state index contributed by atoms with van der Waals surface area (Å²) in [5.74, 6) is 0. The Morgan fingerprint density at radius 3 is 2.20 bits per heavy atom. The lowest BCUT2D eigenvalue weighted by molar-refractivity contribution is -0.00249. The van der Waals surface area contributed by atoms with Crippen LogP contribution < -0.4 is 9.62 Å². The minimum Gasteiger partial charge on any atom is -0.394 e. The van der Waals surface area contributed by atoms with Crippen molar-refractivity contribution in [1.29, 1.82) is 0 Å². The summed E-state index contributed by atoms with van der Waals surface area (Å²) >= 11 is 0. The highest BCUT2D eigenvalue weighted by molar-refractivity contribution is 7.93. The van der Waals surface area contributed by atoms with Gasteiger partial charge in [0.05, 0.1) is 23.6 Å². The molecular weight excluding hydrogens is 462 g/mol. The van der Waals surface area contributed by atoms with Crippen LogP contribution in [0.15, 0.2) is 65.6 Å². The number of nitrogens with zero attached hydrogens (tertiary/aromatic N) is 2. The third-order valence-corrected chi connectivity index (χ3v) is 8.07. The van der Waals surface area contributed by atoms with Crippen LogP contribution in [0.25, 0.3) is 10.8 Å². The van der Waals surface area contributed by atoms with E-state index in [1.54, 1.807) is 36.4 Å². The van der Waals surface area contributed by atoms with Gasteiger partial charge in [-0.1, -0.05) is 56.2 Å². The fraction of sp³-hybridized carbons (Fsp3) is 0.407. The number of hydrogen-bond donors (Lipinski definition) is 3. The normalized spacial score (nSPS) is 12.3. The molecule has 0 saturated heterocycles. The molecule has 0 aliphatic heterocycles. The summed E-state index contributed by atoms with van der Waals surface area (Å²) in [6.07, 6.45) is 3.06. The van der Waals surface area contributed by atoms with Crippen molar-refractivity contribution < 1.29 is 18.6 Å². The topological polar surface area (TPSA) is 93.1 Å². The summed E-state index contributed by atoms with van der Waals surface area (Å²) in [7, 11) is 1.82. The van der Waals surface area contributed by atoms with Gasteiger partial charge >= 0.3 is 0 Å². The second-order valence-electron chi connectivity index (χ2n) is 9.19. The fourth-order valence-corrected chi connectivity index (χ4v) is 5.75. The molecule has 3 rings (SSSR count). The molecule has 0 fully saturated rings. The van der Waals surface area contributed by atoms with Crippen LogP contribution in [0, 0.1) is 0 Å². The molecular formula is C27H37N3O4S. The van der Waals surface area contributed by atoms with E-state index in [2.05, 4.69) is 11.6 Å². The third-order valence-electron chi connectivity index (χ3n) is 6.63. The number of benzene rings is 3. The van der Waals surface area contributed by atoms with E-state index in [0.29, 0.717) is 23.2 Å². The maximum absolute atomic E-state index is 13.5. The van der Waals surface area contributed by atoms with Crippen molar-refractivity contribution in [2.24, 2.45) is 0 Å². The average molecular weight is 500 g/mol. The van der Waals surface area contributed by atoms with Gasteiger partial charge in [0, 0.05) is 36.2 Å². The first-order valence-corrected chi connectivity index (χ1v) is 13.4. The highest BCUT2D eigenvalue weighted by atomic mass is 32.2. The molecule has 0 aliphatic rings. The van der Waals surface area contributed by atoms with Gasteiger partial charge in [-0.25, -0.2) is 8.42 Å². The Labute approximate surface area is 209 Å². The predicted molar refractivity (Wildman–Crippen MR) is 144 cm³/mol. The largest absolute Gasteiger partial charge is 0.394 e. The van der Waals surface area contributed by atoms with E-state index in [1.807, 2.05) is 55.2 Å². The van der Waals surface area contributed by atoms with E-state index < -0.39 is 15.6 Å². The molecule has 0 amide bonds. The van der Waals surface area contributed by atoms with E-state index in [-0.39, 0.29) is 18.1 Å². The van der Waals surface area contributed by atoms with E-state index in [4.69, 9.17) is 0 Å². The summed E-state index contributed by atoms with van der Waals surface area (Å²) in [6, 6.07) is 17.8. The lowest BCUT2D eigenvalue weighted by Crippen LogP contribution is -2.50. The van der Waals surface area contributed by atoms with Gasteiger partial charge in [-0.15, -0.1) is 0 Å². The van der Waals surface area contributed by atoms with Crippen molar-refractivity contribution in [2.75, 3.05) is 50.5 Å². The van der Waals surface area contributed by atoms with Crippen molar-refractivity contribution in [1.82, 2.24) is 4.90 Å². The highest BCUT2D eigenvalue weighted by Crippen LogP contribution is 2.33. The zero-order valence-corrected chi connectivity index (χ0v) is 21.8. The van der Waals surface area contributed by atoms with Crippen LogP contribution >= 0.6 is 0 Å². The predicted octanol–water partition coefficient (Wildman–Crippen LogP) is 4.01. The summed E-state index contributed by atoms with van der Waals surface area (Å²) < 4.78 is 29.6. The van der Waals surface area contributed by atoms with Crippen molar-refractivity contribution in [3.05, 3.63) is 66.2 Å². The third kappa shape index (κ3) is 5.62. The molecule has 0 saturated carbocycles. The van der Waals surface area contributed by atoms with Crippen LogP contribution in [0.1, 0.15) is 31.7 Å². The molecule has 0 radical (unpaired) electrons. The zero-order chi connectivity index (χ0) is 25.6. The highest BCUT2D eigenvalue weighted by Gasteiger charge is 2.35. The summed E-state index contributed by atoms with van der Waals surface area (Å²) in [4.78, 5) is 4.09. The Bertz CT molecular complexity index is 1240. The number of aliphatic hydroxyl groups is 2. The van der Waals surface area contributed by atoms with Gasteiger partial charge in [0.15, 0.2) is 0 Å². The molecule has 7 nitrogen and oxygen atoms in total. The van der Waals surface area contributed by atoms with E-state index in [9.17, 15) is 18.6 Å². The van der Waals surface area contributed by atoms with Gasteiger partial charge in [0.1, 0.15) is 0 Å². The number of nitrogens with one attached hydrogen (secondary N) is 1. The molecule has 190 valence electrons. The first-order chi connectivity index (χ1) is 16.7. The Balaban J connectivity index is 1.98. The standard InChI is InChI=1S/C27H37N3O4S/c1-5-6-7-17-30(4)27(19-31,20-32)21-11-8-12-22(18-21)28-35(33,34)26-16-10-13-23-24(26)14-9-15-25(23)29(2)3/h8-16,18,28,31-32H,5-7,17,19-20H2,1-4H3. The van der Waals surface area contributed by atoms with E-state index in [1.165, 1.54) is 0 Å². The number of aliphatic hydroxyl groups excluding tert-OH is 2. The van der Waals surface area contributed by atoms with Crippen molar-refractivity contribution in [3.63, 3.8) is 0 Å². The molecule has 8 heteroatoms. The minimum absolute atomic E-state index is 0.191. The minimum atomic E-state index is -3.90. The molecule has 0 aliphatic carbocycles. The monoisotopic (exact) mass is 499 g/mol. The quantitative estimate of drug-likeness (QED) is 0.326. The SMILES string of the molecule is CCCCCN(C)C(CO)(CO)c1cccc(NS(=O)(=O)c2cccc3c(N(C)C)cccc23)c1. The number of hydrogen-bond acceptors (Lipinski definition) is 6. The number of anilines is 2. The average Bonchev–Trinajstić information content (AvgIpc) is 2.84. The number of unbranched alkanes of at least 4 members (excludes halogenated alkanes) is 2. The first-order valence-electron chi connectivity index (χ1n) is 12.0. The van der Waals surface area contributed by atoms with Gasteiger partial charge in [0.25, 0.3) is 10.0 Å². The molecule has 0 spiro atoms. The van der Waals surface area contributed by atoms with Crippen LogP contribution in [-0.4, -0.2) is 64.4 Å². The van der Waals surface area contributed by atoms with Gasteiger partial charge in [-0.2, -0.15) is 0 Å². The summed E-state index contributed by atoms with van der Waals surface area (Å²) in [6.45, 7) is 2.24. The molecule has 3 N–H and O–H groups in total. The lowest BCUT2D eigenvalue weighted by atomic mass is 9.89. The maximum atomic E-state index is 13.5. The summed E-state index contributed by atoms with van der Waals surface area (Å²) in [5, 5.41) is 22.1. The lowest BCUT2D eigenvalue weighted by Gasteiger charge is -2.40. The van der Waals surface area contributed by atoms with Crippen molar-refractivity contribution in [3.8, 4) is 0 Å². The Hall–Kier alpha value is -2.65. The Kier molecular flexibility index (Phi) is 8.77. The second-order valence-corrected chi connectivity index (χ2v) is 10.8. The molecule has 3 aromatic rings. The molecule has 0 unspecified atom stereocenters. The first kappa shape index (κ1) is 26.9. The van der Waals surface area contributed by atoms with Crippen molar-refractivity contribution in [2.45, 2.75) is 36.6 Å². The van der Waals surface area contributed by atoms with E-state index in [0.717, 1.165) is 30.3 Å². The molecule has 0 atom stereocenters. The smallest absolute Gasteiger partial charge is 0.262 e. The van der Waals surface area contributed by atoms with Crippen LogP contribution in [-0.2, 0) is 15.6 Å². The number of rotatable bonds is 12. The van der Waals surface area contributed by atoms with Crippen molar-refractivity contribution >= 4 is 32.2 Å². The van der Waals surface area contributed by atoms with Crippen LogP contribution in [0.5, 0.6) is 0 Å². The van der Waals surface area contributed by atoms with Crippen LogP contribution in [0.4, 0.5) is 11.4 Å². The Morgan fingerprint density at radius 1 is 0.886 bits per heavy atom. The molecule has 3 aromatic carbocycles. The van der Waals surface area contributed by atoms with Gasteiger partial charge in [0.2, 0.25) is 0 Å². The summed E-state index contributed by atoms with van der Waals surface area (Å²) in [5.41, 5.74) is 0.934.